The van der Waals surface area contributed by atoms with Crippen molar-refractivity contribution in [2.24, 2.45) is 0 Å². The fraction of sp³-hybridized carbons (Fsp3) is 0.238. The Hall–Kier alpha value is -2.88. The maximum absolute atomic E-state index is 12.2. The molecule has 1 amide bonds. The Morgan fingerprint density at radius 1 is 1.16 bits per heavy atom. The van der Waals surface area contributed by atoms with E-state index in [1.54, 1.807) is 6.20 Å². The third kappa shape index (κ3) is 2.84. The predicted molar refractivity (Wildman–Crippen MR) is 98.3 cm³/mol. The fourth-order valence-electron chi connectivity index (χ4n) is 3.55. The van der Waals surface area contributed by atoms with Crippen LogP contribution in [0.2, 0.25) is 0 Å². The van der Waals surface area contributed by atoms with Gasteiger partial charge in [0, 0.05) is 24.5 Å². The number of amides is 1. The second-order valence-corrected chi connectivity index (χ2v) is 6.61. The minimum absolute atomic E-state index is 0.0552. The van der Waals surface area contributed by atoms with Gasteiger partial charge in [-0.15, -0.1) is 0 Å². The Balaban J connectivity index is 1.66. The van der Waals surface area contributed by atoms with Crippen LogP contribution in [0, 0.1) is 13.8 Å². The van der Waals surface area contributed by atoms with E-state index in [1.807, 2.05) is 16.9 Å². The van der Waals surface area contributed by atoms with Crippen molar-refractivity contribution in [2.75, 3.05) is 6.54 Å². The first-order valence-corrected chi connectivity index (χ1v) is 8.62. The van der Waals surface area contributed by atoms with Crippen LogP contribution in [0.1, 0.15) is 38.2 Å². The Morgan fingerprint density at radius 3 is 2.68 bits per heavy atom. The van der Waals surface area contributed by atoms with E-state index in [1.165, 1.54) is 27.8 Å². The molecule has 126 valence electrons. The molecule has 2 heterocycles. The molecule has 0 radical (unpaired) electrons. The first-order chi connectivity index (χ1) is 12.1. The standard InChI is InChI=1S/C21H21N3O/c1-14-15(2)19-8-10-22-21(25)20(19)13-17(14)12-16-4-6-18(7-5-16)24-11-3-9-23-24/h3-7,9,11,13H,8,10,12H2,1-2H3,(H,22,25). The quantitative estimate of drug-likeness (QED) is 0.800. The van der Waals surface area contributed by atoms with Crippen LogP contribution < -0.4 is 5.32 Å². The largest absolute Gasteiger partial charge is 0.352 e. The molecule has 0 fully saturated rings. The Bertz CT molecular complexity index is 925. The lowest BCUT2D eigenvalue weighted by Gasteiger charge is -2.22. The monoisotopic (exact) mass is 331 g/mol. The van der Waals surface area contributed by atoms with E-state index in [0.29, 0.717) is 0 Å². The minimum Gasteiger partial charge on any atom is -0.352 e. The molecule has 0 saturated heterocycles. The summed E-state index contributed by atoms with van der Waals surface area (Å²) >= 11 is 0. The average Bonchev–Trinajstić information content (AvgIpc) is 3.16. The summed E-state index contributed by atoms with van der Waals surface area (Å²) in [5, 5.41) is 7.21. The second-order valence-electron chi connectivity index (χ2n) is 6.61. The molecule has 1 aliphatic heterocycles. The van der Waals surface area contributed by atoms with Gasteiger partial charge >= 0.3 is 0 Å². The molecule has 0 spiro atoms. The predicted octanol–water partition coefficient (Wildman–Crippen LogP) is 3.37. The van der Waals surface area contributed by atoms with Gasteiger partial charge in [-0.25, -0.2) is 4.68 Å². The van der Waals surface area contributed by atoms with Crippen LogP contribution in [0.15, 0.2) is 48.8 Å². The van der Waals surface area contributed by atoms with Crippen molar-refractivity contribution in [3.63, 3.8) is 0 Å². The van der Waals surface area contributed by atoms with Crippen molar-refractivity contribution in [3.05, 3.63) is 82.2 Å². The van der Waals surface area contributed by atoms with Gasteiger partial charge in [0.15, 0.2) is 0 Å². The van der Waals surface area contributed by atoms with Crippen LogP contribution in [-0.4, -0.2) is 22.2 Å². The van der Waals surface area contributed by atoms with E-state index >= 15 is 0 Å². The van der Waals surface area contributed by atoms with Crippen molar-refractivity contribution < 1.29 is 4.79 Å². The lowest BCUT2D eigenvalue weighted by Crippen LogP contribution is -2.32. The molecule has 2 aromatic carbocycles. The number of nitrogens with one attached hydrogen (secondary N) is 1. The van der Waals surface area contributed by atoms with Gasteiger partial charge in [0.2, 0.25) is 0 Å². The van der Waals surface area contributed by atoms with Crippen LogP contribution in [0.25, 0.3) is 5.69 Å². The number of nitrogens with zero attached hydrogens (tertiary/aromatic N) is 2. The first-order valence-electron chi connectivity index (χ1n) is 8.62. The topological polar surface area (TPSA) is 46.9 Å². The summed E-state index contributed by atoms with van der Waals surface area (Å²) in [4.78, 5) is 12.2. The van der Waals surface area contributed by atoms with Gasteiger partial charge in [-0.3, -0.25) is 4.79 Å². The number of benzene rings is 2. The van der Waals surface area contributed by atoms with E-state index in [9.17, 15) is 4.79 Å². The zero-order valence-corrected chi connectivity index (χ0v) is 14.5. The summed E-state index contributed by atoms with van der Waals surface area (Å²) in [5.41, 5.74) is 8.11. The Labute approximate surface area is 147 Å². The molecule has 3 aromatic rings. The van der Waals surface area contributed by atoms with Crippen LogP contribution in [0.5, 0.6) is 0 Å². The number of hydrogen-bond donors (Lipinski definition) is 1. The fourth-order valence-corrected chi connectivity index (χ4v) is 3.55. The lowest BCUT2D eigenvalue weighted by atomic mass is 9.87. The van der Waals surface area contributed by atoms with Crippen LogP contribution in [0.4, 0.5) is 0 Å². The van der Waals surface area contributed by atoms with Gasteiger partial charge in [-0.2, -0.15) is 5.10 Å². The number of aromatic nitrogens is 2. The van der Waals surface area contributed by atoms with Crippen LogP contribution in [-0.2, 0) is 12.8 Å². The number of fused-ring (bicyclic) bond motifs is 1. The molecule has 1 N–H and O–H groups in total. The Kier molecular flexibility index (Phi) is 3.88. The SMILES string of the molecule is Cc1c(Cc2ccc(-n3cccn3)cc2)cc2c(c1C)CCNC2=O. The third-order valence-corrected chi connectivity index (χ3v) is 5.15. The minimum atomic E-state index is 0.0552. The highest BCUT2D eigenvalue weighted by Gasteiger charge is 2.21. The van der Waals surface area contributed by atoms with Gasteiger partial charge in [0.25, 0.3) is 5.91 Å². The summed E-state index contributed by atoms with van der Waals surface area (Å²) in [6.45, 7) is 5.03. The molecule has 4 nitrogen and oxygen atoms in total. The molecule has 4 rings (SSSR count). The number of hydrogen-bond acceptors (Lipinski definition) is 2. The summed E-state index contributed by atoms with van der Waals surface area (Å²) in [6, 6.07) is 12.4. The zero-order chi connectivity index (χ0) is 17.4. The molecule has 1 aliphatic rings. The number of carbonyl (C=O) groups excluding carboxylic acids is 1. The van der Waals surface area contributed by atoms with E-state index in [0.717, 1.165) is 30.6 Å². The van der Waals surface area contributed by atoms with E-state index < -0.39 is 0 Å². The molecule has 25 heavy (non-hydrogen) atoms. The highest BCUT2D eigenvalue weighted by atomic mass is 16.1. The van der Waals surface area contributed by atoms with E-state index in [-0.39, 0.29) is 5.91 Å². The van der Waals surface area contributed by atoms with Crippen molar-refractivity contribution in [1.82, 2.24) is 15.1 Å². The summed E-state index contributed by atoms with van der Waals surface area (Å²) in [6.07, 6.45) is 5.46. The molecule has 0 bridgehead atoms. The molecule has 0 aliphatic carbocycles. The van der Waals surface area contributed by atoms with Crippen molar-refractivity contribution >= 4 is 5.91 Å². The maximum Gasteiger partial charge on any atom is 0.251 e. The third-order valence-electron chi connectivity index (χ3n) is 5.15. The van der Waals surface area contributed by atoms with E-state index in [2.05, 4.69) is 54.6 Å². The zero-order valence-electron chi connectivity index (χ0n) is 14.5. The first kappa shape index (κ1) is 15.6. The highest BCUT2D eigenvalue weighted by molar-refractivity contribution is 5.97. The second kappa shape index (κ2) is 6.20. The average molecular weight is 331 g/mol. The van der Waals surface area contributed by atoms with Crippen molar-refractivity contribution in [3.8, 4) is 5.69 Å². The molecular weight excluding hydrogens is 310 g/mol. The van der Waals surface area contributed by atoms with E-state index in [4.69, 9.17) is 0 Å². The molecular formula is C21H21N3O. The summed E-state index contributed by atoms with van der Waals surface area (Å²) in [5.74, 6) is 0.0552. The number of rotatable bonds is 3. The molecule has 0 unspecified atom stereocenters. The van der Waals surface area contributed by atoms with Gasteiger partial charge in [-0.1, -0.05) is 12.1 Å². The molecule has 4 heteroatoms. The van der Waals surface area contributed by atoms with Gasteiger partial charge in [-0.05, 0) is 78.8 Å². The van der Waals surface area contributed by atoms with Crippen molar-refractivity contribution in [2.45, 2.75) is 26.7 Å². The molecule has 1 aromatic heterocycles. The molecule has 0 atom stereocenters. The van der Waals surface area contributed by atoms with Gasteiger partial charge in [0.1, 0.15) is 0 Å². The van der Waals surface area contributed by atoms with Crippen LogP contribution in [0.3, 0.4) is 0 Å². The smallest absolute Gasteiger partial charge is 0.251 e. The normalized spacial score (nSPS) is 13.4. The van der Waals surface area contributed by atoms with Crippen molar-refractivity contribution in [1.29, 1.82) is 0 Å². The summed E-state index contributed by atoms with van der Waals surface area (Å²) in [7, 11) is 0. The maximum atomic E-state index is 12.2. The molecule has 0 saturated carbocycles. The highest BCUT2D eigenvalue weighted by Crippen LogP contribution is 2.26. The lowest BCUT2D eigenvalue weighted by molar-refractivity contribution is 0.0945. The summed E-state index contributed by atoms with van der Waals surface area (Å²) < 4.78 is 1.85. The van der Waals surface area contributed by atoms with Crippen LogP contribution >= 0.6 is 0 Å². The Morgan fingerprint density at radius 2 is 1.96 bits per heavy atom. The number of carbonyl (C=O) groups is 1. The van der Waals surface area contributed by atoms with Gasteiger partial charge < -0.3 is 5.32 Å². The van der Waals surface area contributed by atoms with Gasteiger partial charge in [0.05, 0.1) is 5.69 Å².